The van der Waals surface area contributed by atoms with Crippen LogP contribution in [0.3, 0.4) is 0 Å². The van der Waals surface area contributed by atoms with Crippen molar-refractivity contribution in [1.29, 1.82) is 0 Å². The number of hydrogen-bond donors (Lipinski definition) is 1. The van der Waals surface area contributed by atoms with Crippen LogP contribution in [0.25, 0.3) is 0 Å². The van der Waals surface area contributed by atoms with Crippen LogP contribution in [0.1, 0.15) is 58.3 Å². The smallest absolute Gasteiger partial charge is 0.224 e. The second kappa shape index (κ2) is 8.51. The van der Waals surface area contributed by atoms with Crippen LogP contribution in [0.15, 0.2) is 0 Å². The molecule has 4 nitrogen and oxygen atoms in total. The highest BCUT2D eigenvalue weighted by molar-refractivity contribution is 5.85. The molecule has 2 saturated carbocycles. The lowest BCUT2D eigenvalue weighted by atomic mass is 9.83. The molecule has 0 aromatic rings. The molecule has 22 heavy (non-hydrogen) atoms. The van der Waals surface area contributed by atoms with E-state index in [2.05, 4.69) is 17.1 Å². The van der Waals surface area contributed by atoms with Crippen LogP contribution in [-0.2, 0) is 9.53 Å². The number of nitrogens with zero attached hydrogens (tertiary/aromatic N) is 1. The first kappa shape index (κ1) is 18.0. The Hall–Kier alpha value is -0.320. The highest BCUT2D eigenvalue weighted by Crippen LogP contribution is 2.36. The minimum absolute atomic E-state index is 0. The monoisotopic (exact) mass is 330 g/mol. The Balaban J connectivity index is 0.00000176. The van der Waals surface area contributed by atoms with E-state index in [0.29, 0.717) is 31.0 Å². The summed E-state index contributed by atoms with van der Waals surface area (Å²) in [5.41, 5.74) is 0. The van der Waals surface area contributed by atoms with Gasteiger partial charge in [0.25, 0.3) is 0 Å². The zero-order valence-corrected chi connectivity index (χ0v) is 14.6. The maximum atomic E-state index is 12.8. The number of hydrogen-bond acceptors (Lipinski definition) is 3. The first-order valence-electron chi connectivity index (χ1n) is 8.90. The summed E-state index contributed by atoms with van der Waals surface area (Å²) in [5.74, 6) is 1.26. The van der Waals surface area contributed by atoms with Gasteiger partial charge in [-0.15, -0.1) is 12.4 Å². The van der Waals surface area contributed by atoms with Crippen LogP contribution < -0.4 is 5.32 Å². The molecule has 0 bridgehead atoms. The Labute approximate surface area is 140 Å². The Morgan fingerprint density at radius 2 is 1.77 bits per heavy atom. The minimum atomic E-state index is 0. The van der Waals surface area contributed by atoms with Crippen LogP contribution in [-0.4, -0.2) is 48.7 Å². The van der Waals surface area contributed by atoms with Crippen molar-refractivity contribution >= 4 is 18.3 Å². The third kappa shape index (κ3) is 4.59. The predicted octanol–water partition coefficient (Wildman–Crippen LogP) is 2.75. The number of morpholine rings is 1. The molecule has 1 amide bonds. The van der Waals surface area contributed by atoms with Crippen molar-refractivity contribution in [3.8, 4) is 0 Å². The van der Waals surface area contributed by atoms with Crippen molar-refractivity contribution in [3.63, 3.8) is 0 Å². The lowest BCUT2D eigenvalue weighted by Gasteiger charge is -2.38. The Morgan fingerprint density at radius 1 is 1.14 bits per heavy atom. The van der Waals surface area contributed by atoms with Gasteiger partial charge in [0.2, 0.25) is 5.91 Å². The van der Waals surface area contributed by atoms with Gasteiger partial charge in [0.05, 0.1) is 13.2 Å². The molecule has 1 saturated heterocycles. The maximum absolute atomic E-state index is 12.8. The van der Waals surface area contributed by atoms with E-state index in [4.69, 9.17) is 4.74 Å². The molecule has 1 unspecified atom stereocenters. The van der Waals surface area contributed by atoms with Crippen molar-refractivity contribution in [2.24, 2.45) is 5.92 Å². The fraction of sp³-hybridized carbons (Fsp3) is 0.941. The van der Waals surface area contributed by atoms with Gasteiger partial charge in [0.15, 0.2) is 0 Å². The second-order valence-electron chi connectivity index (χ2n) is 7.05. The molecular formula is C17H31ClN2O2. The van der Waals surface area contributed by atoms with Crippen molar-refractivity contribution in [1.82, 2.24) is 10.2 Å². The van der Waals surface area contributed by atoms with Gasteiger partial charge in [-0.1, -0.05) is 13.3 Å². The molecule has 2 aliphatic carbocycles. The highest BCUT2D eigenvalue weighted by atomic mass is 35.5. The van der Waals surface area contributed by atoms with Crippen LogP contribution in [0.4, 0.5) is 0 Å². The van der Waals surface area contributed by atoms with Crippen LogP contribution in [0, 0.1) is 5.92 Å². The predicted molar refractivity (Wildman–Crippen MR) is 90.4 cm³/mol. The van der Waals surface area contributed by atoms with E-state index in [1.807, 2.05) is 0 Å². The number of halogens is 1. The lowest BCUT2D eigenvalue weighted by molar-refractivity contribution is -0.136. The highest BCUT2D eigenvalue weighted by Gasteiger charge is 2.39. The zero-order valence-electron chi connectivity index (χ0n) is 13.8. The number of carbonyl (C=O) groups excluding carboxylic acids is 1. The lowest BCUT2D eigenvalue weighted by Crippen LogP contribution is -2.49. The molecule has 1 heterocycles. The number of rotatable bonds is 5. The Bertz CT molecular complexity index is 349. The summed E-state index contributed by atoms with van der Waals surface area (Å²) < 4.78 is 5.48. The van der Waals surface area contributed by atoms with Crippen molar-refractivity contribution in [3.05, 3.63) is 0 Å². The summed E-state index contributed by atoms with van der Waals surface area (Å²) in [7, 11) is 0. The van der Waals surface area contributed by atoms with E-state index in [0.717, 1.165) is 19.1 Å². The van der Waals surface area contributed by atoms with Crippen LogP contribution >= 0.6 is 12.4 Å². The normalized spacial score (nSPS) is 32.1. The summed E-state index contributed by atoms with van der Waals surface area (Å²) >= 11 is 0. The average Bonchev–Trinajstić information content (AvgIpc) is 3.34. The number of ether oxygens (including phenoxy) is 1. The van der Waals surface area contributed by atoms with Gasteiger partial charge < -0.3 is 15.0 Å². The van der Waals surface area contributed by atoms with Crippen molar-refractivity contribution in [2.75, 3.05) is 19.8 Å². The first-order chi connectivity index (χ1) is 10.3. The van der Waals surface area contributed by atoms with Gasteiger partial charge in [-0.2, -0.15) is 0 Å². The summed E-state index contributed by atoms with van der Waals surface area (Å²) in [6, 6.07) is 1.28. The van der Waals surface area contributed by atoms with Crippen molar-refractivity contribution in [2.45, 2.75) is 76.4 Å². The van der Waals surface area contributed by atoms with Crippen LogP contribution in [0.5, 0.6) is 0 Å². The quantitative estimate of drug-likeness (QED) is 0.842. The summed E-state index contributed by atoms with van der Waals surface area (Å²) in [4.78, 5) is 15.0. The average molecular weight is 331 g/mol. The molecule has 0 spiro atoms. The van der Waals surface area contributed by atoms with E-state index in [9.17, 15) is 4.79 Å². The maximum Gasteiger partial charge on any atom is 0.224 e. The molecule has 1 N–H and O–H groups in total. The van der Waals surface area contributed by atoms with Gasteiger partial charge >= 0.3 is 0 Å². The molecular weight excluding hydrogens is 300 g/mol. The molecule has 3 aliphatic rings. The summed E-state index contributed by atoms with van der Waals surface area (Å²) in [5, 5.41) is 3.41. The largest absolute Gasteiger partial charge is 0.378 e. The SMILES string of the molecule is CCC1CCC(N(C(=O)CC2COCCN2)C2CC2)CC1.Cl. The molecule has 0 aromatic heterocycles. The van der Waals surface area contributed by atoms with E-state index in [1.54, 1.807) is 0 Å². The molecule has 5 heteroatoms. The van der Waals surface area contributed by atoms with Crippen LogP contribution in [0.2, 0.25) is 0 Å². The molecule has 1 atom stereocenters. The van der Waals surface area contributed by atoms with Gasteiger partial charge in [-0.3, -0.25) is 4.79 Å². The third-order valence-corrected chi connectivity index (χ3v) is 5.43. The molecule has 3 fully saturated rings. The van der Waals surface area contributed by atoms with E-state index < -0.39 is 0 Å². The van der Waals surface area contributed by atoms with Gasteiger partial charge in [0, 0.05) is 31.1 Å². The van der Waals surface area contributed by atoms with E-state index in [-0.39, 0.29) is 18.4 Å². The number of amides is 1. The molecule has 1 aliphatic heterocycles. The van der Waals surface area contributed by atoms with E-state index >= 15 is 0 Å². The summed E-state index contributed by atoms with van der Waals surface area (Å²) in [6.07, 6.45) is 9.40. The molecule has 128 valence electrons. The molecule has 0 aromatic carbocycles. The second-order valence-corrected chi connectivity index (χ2v) is 7.05. The van der Waals surface area contributed by atoms with Gasteiger partial charge in [-0.25, -0.2) is 0 Å². The minimum Gasteiger partial charge on any atom is -0.378 e. The fourth-order valence-corrected chi connectivity index (χ4v) is 3.96. The van der Waals surface area contributed by atoms with Gasteiger partial charge in [-0.05, 0) is 44.4 Å². The number of carbonyl (C=O) groups is 1. The van der Waals surface area contributed by atoms with E-state index in [1.165, 1.54) is 44.9 Å². The standard InChI is InChI=1S/C17H30N2O2.ClH/c1-2-13-3-5-15(6-4-13)19(16-7-8-16)17(20)11-14-12-21-10-9-18-14;/h13-16,18H,2-12H2,1H3;1H. The molecule has 0 radical (unpaired) electrons. The number of nitrogens with one attached hydrogen (secondary N) is 1. The summed E-state index contributed by atoms with van der Waals surface area (Å²) in [6.45, 7) is 4.64. The van der Waals surface area contributed by atoms with Crippen molar-refractivity contribution < 1.29 is 9.53 Å². The molecule has 3 rings (SSSR count). The van der Waals surface area contributed by atoms with Gasteiger partial charge in [0.1, 0.15) is 0 Å². The fourth-order valence-electron chi connectivity index (χ4n) is 3.96. The zero-order chi connectivity index (χ0) is 14.7. The topological polar surface area (TPSA) is 41.6 Å². The Kier molecular flexibility index (Phi) is 6.97. The third-order valence-electron chi connectivity index (χ3n) is 5.43. The Morgan fingerprint density at radius 3 is 2.27 bits per heavy atom. The first-order valence-corrected chi connectivity index (χ1v) is 8.90.